The van der Waals surface area contributed by atoms with Crippen LogP contribution in [0, 0.1) is 0 Å². The van der Waals surface area contributed by atoms with E-state index in [1.165, 1.54) is 12.1 Å². The molecule has 3 heteroatoms. The Morgan fingerprint density at radius 2 is 2.00 bits per heavy atom. The van der Waals surface area contributed by atoms with Gasteiger partial charge in [0.15, 0.2) is 0 Å². The molecule has 2 bridgehead atoms. The van der Waals surface area contributed by atoms with Gasteiger partial charge in [-0.2, -0.15) is 0 Å². The SMILES string of the molecule is CCC(C)Oc1cccc(N2C3CCCC2CC(=O)C3)c1. The number of hydrogen-bond acceptors (Lipinski definition) is 3. The number of carbonyl (C=O) groups is 1. The molecule has 21 heavy (non-hydrogen) atoms. The molecular formula is C18H25NO2. The van der Waals surface area contributed by atoms with Crippen molar-refractivity contribution in [3.05, 3.63) is 24.3 Å². The maximum Gasteiger partial charge on any atom is 0.137 e. The van der Waals surface area contributed by atoms with Crippen LogP contribution < -0.4 is 9.64 Å². The third-order valence-electron chi connectivity index (χ3n) is 4.82. The first-order chi connectivity index (χ1) is 10.2. The van der Waals surface area contributed by atoms with Crippen LogP contribution >= 0.6 is 0 Å². The van der Waals surface area contributed by atoms with Crippen molar-refractivity contribution in [1.29, 1.82) is 0 Å². The zero-order valence-electron chi connectivity index (χ0n) is 13.0. The molecule has 2 aliphatic rings. The third-order valence-corrected chi connectivity index (χ3v) is 4.82. The quantitative estimate of drug-likeness (QED) is 0.839. The lowest BCUT2D eigenvalue weighted by molar-refractivity contribution is -0.121. The van der Waals surface area contributed by atoms with Gasteiger partial charge in [-0.3, -0.25) is 4.79 Å². The minimum Gasteiger partial charge on any atom is -0.491 e. The number of rotatable bonds is 4. The Bertz CT molecular complexity index is 498. The highest BCUT2D eigenvalue weighted by atomic mass is 16.5. The van der Waals surface area contributed by atoms with Crippen molar-refractivity contribution in [2.75, 3.05) is 4.90 Å². The Hall–Kier alpha value is -1.51. The van der Waals surface area contributed by atoms with E-state index in [1.54, 1.807) is 0 Å². The maximum atomic E-state index is 11.9. The summed E-state index contributed by atoms with van der Waals surface area (Å²) >= 11 is 0. The Balaban J connectivity index is 1.82. The van der Waals surface area contributed by atoms with E-state index in [0.717, 1.165) is 25.0 Å². The first-order valence-corrected chi connectivity index (χ1v) is 8.24. The van der Waals surface area contributed by atoms with Crippen LogP contribution in [0.4, 0.5) is 5.69 Å². The molecule has 0 aromatic heterocycles. The summed E-state index contributed by atoms with van der Waals surface area (Å²) in [5.74, 6) is 1.38. The molecule has 3 rings (SSSR count). The van der Waals surface area contributed by atoms with Crippen LogP contribution in [0.2, 0.25) is 0 Å². The topological polar surface area (TPSA) is 29.5 Å². The molecule has 0 N–H and O–H groups in total. The number of hydrogen-bond donors (Lipinski definition) is 0. The Labute approximate surface area is 127 Å². The van der Waals surface area contributed by atoms with Gasteiger partial charge in [-0.1, -0.05) is 13.0 Å². The van der Waals surface area contributed by atoms with E-state index in [1.807, 2.05) is 6.07 Å². The Kier molecular flexibility index (Phi) is 4.18. The number of ether oxygens (including phenoxy) is 1. The smallest absolute Gasteiger partial charge is 0.137 e. The first kappa shape index (κ1) is 14.4. The lowest BCUT2D eigenvalue weighted by Gasteiger charge is -2.47. The summed E-state index contributed by atoms with van der Waals surface area (Å²) in [4.78, 5) is 14.3. The lowest BCUT2D eigenvalue weighted by atomic mass is 9.83. The molecule has 0 amide bonds. The predicted molar refractivity (Wildman–Crippen MR) is 85.0 cm³/mol. The molecule has 2 saturated heterocycles. The fourth-order valence-electron chi connectivity index (χ4n) is 3.63. The molecule has 114 valence electrons. The maximum absolute atomic E-state index is 11.9. The van der Waals surface area contributed by atoms with Crippen molar-refractivity contribution in [2.45, 2.75) is 70.6 Å². The van der Waals surface area contributed by atoms with Crippen LogP contribution in [0.15, 0.2) is 24.3 Å². The molecule has 0 spiro atoms. The first-order valence-electron chi connectivity index (χ1n) is 8.24. The van der Waals surface area contributed by atoms with E-state index in [4.69, 9.17) is 4.74 Å². The van der Waals surface area contributed by atoms with E-state index >= 15 is 0 Å². The van der Waals surface area contributed by atoms with Gasteiger partial charge in [0.25, 0.3) is 0 Å². The van der Waals surface area contributed by atoms with E-state index in [0.29, 0.717) is 30.7 Å². The zero-order chi connectivity index (χ0) is 14.8. The fraction of sp³-hybridized carbons (Fsp3) is 0.611. The van der Waals surface area contributed by atoms with Crippen molar-refractivity contribution in [1.82, 2.24) is 0 Å². The number of Topliss-reactive ketones (excluding diaryl/α,β-unsaturated/α-hetero) is 1. The van der Waals surface area contributed by atoms with Crippen LogP contribution in [0.5, 0.6) is 5.75 Å². The summed E-state index contributed by atoms with van der Waals surface area (Å²) < 4.78 is 5.94. The van der Waals surface area contributed by atoms with Crippen molar-refractivity contribution >= 4 is 11.5 Å². The molecule has 3 atom stereocenters. The normalized spacial score (nSPS) is 26.6. The molecule has 2 fully saturated rings. The zero-order valence-corrected chi connectivity index (χ0v) is 13.0. The largest absolute Gasteiger partial charge is 0.491 e. The number of benzene rings is 1. The standard InChI is InChI=1S/C18H25NO2/c1-3-13(2)21-18-9-5-8-16(12-18)19-14-6-4-7-15(19)11-17(20)10-14/h5,8-9,12-15H,3-4,6-7,10-11H2,1-2H3. The summed E-state index contributed by atoms with van der Waals surface area (Å²) in [6, 6.07) is 9.19. The highest BCUT2D eigenvalue weighted by Crippen LogP contribution is 2.37. The average Bonchev–Trinajstić information content (AvgIpc) is 2.46. The molecule has 3 nitrogen and oxygen atoms in total. The summed E-state index contributed by atoms with van der Waals surface area (Å²) in [5.41, 5.74) is 1.22. The van der Waals surface area contributed by atoms with Gasteiger partial charge in [-0.15, -0.1) is 0 Å². The minimum atomic E-state index is 0.239. The second-order valence-corrected chi connectivity index (χ2v) is 6.43. The number of anilines is 1. The van der Waals surface area contributed by atoms with Crippen molar-refractivity contribution in [3.63, 3.8) is 0 Å². The number of ketones is 1. The van der Waals surface area contributed by atoms with E-state index in [2.05, 4.69) is 36.9 Å². The number of nitrogens with zero attached hydrogens (tertiary/aromatic N) is 1. The van der Waals surface area contributed by atoms with Crippen LogP contribution in [0.25, 0.3) is 0 Å². The van der Waals surface area contributed by atoms with Gasteiger partial charge in [0.2, 0.25) is 0 Å². The van der Waals surface area contributed by atoms with Gasteiger partial charge in [0.1, 0.15) is 11.5 Å². The van der Waals surface area contributed by atoms with E-state index in [-0.39, 0.29) is 6.10 Å². The molecule has 0 aliphatic carbocycles. The summed E-state index contributed by atoms with van der Waals surface area (Å²) in [6.45, 7) is 4.23. The molecule has 2 aliphatic heterocycles. The second-order valence-electron chi connectivity index (χ2n) is 6.43. The predicted octanol–water partition coefficient (Wildman–Crippen LogP) is 3.95. The second kappa shape index (κ2) is 6.08. The summed E-state index contributed by atoms with van der Waals surface area (Å²) in [5, 5.41) is 0. The van der Waals surface area contributed by atoms with Crippen LogP contribution in [-0.2, 0) is 4.79 Å². The highest BCUT2D eigenvalue weighted by molar-refractivity contribution is 5.82. The van der Waals surface area contributed by atoms with Crippen molar-refractivity contribution < 1.29 is 9.53 Å². The van der Waals surface area contributed by atoms with Crippen molar-refractivity contribution in [2.24, 2.45) is 0 Å². The highest BCUT2D eigenvalue weighted by Gasteiger charge is 2.37. The van der Waals surface area contributed by atoms with E-state index in [9.17, 15) is 4.79 Å². The molecule has 1 aromatic carbocycles. The molecule has 3 unspecified atom stereocenters. The fourth-order valence-corrected chi connectivity index (χ4v) is 3.63. The van der Waals surface area contributed by atoms with Crippen LogP contribution in [0.1, 0.15) is 52.4 Å². The van der Waals surface area contributed by atoms with E-state index < -0.39 is 0 Å². The lowest BCUT2D eigenvalue weighted by Crippen LogP contribution is -2.52. The molecule has 0 radical (unpaired) electrons. The monoisotopic (exact) mass is 287 g/mol. The Morgan fingerprint density at radius 3 is 2.67 bits per heavy atom. The molecular weight excluding hydrogens is 262 g/mol. The van der Waals surface area contributed by atoms with Crippen LogP contribution in [0.3, 0.4) is 0 Å². The number of piperidine rings is 2. The average molecular weight is 287 g/mol. The van der Waals surface area contributed by atoms with Gasteiger partial charge in [-0.25, -0.2) is 0 Å². The van der Waals surface area contributed by atoms with Crippen molar-refractivity contribution in [3.8, 4) is 5.75 Å². The minimum absolute atomic E-state index is 0.239. The molecule has 1 aromatic rings. The van der Waals surface area contributed by atoms with Gasteiger partial charge < -0.3 is 9.64 Å². The number of carbonyl (C=O) groups excluding carboxylic acids is 1. The molecule has 2 heterocycles. The molecule has 0 saturated carbocycles. The van der Waals surface area contributed by atoms with Gasteiger partial charge >= 0.3 is 0 Å². The van der Waals surface area contributed by atoms with Crippen LogP contribution in [-0.4, -0.2) is 24.0 Å². The number of fused-ring (bicyclic) bond motifs is 2. The summed E-state index contributed by atoms with van der Waals surface area (Å²) in [7, 11) is 0. The van der Waals surface area contributed by atoms with Gasteiger partial charge in [0, 0.05) is 36.7 Å². The van der Waals surface area contributed by atoms with Gasteiger partial charge in [0.05, 0.1) is 6.10 Å². The Morgan fingerprint density at radius 1 is 1.29 bits per heavy atom. The third kappa shape index (κ3) is 3.07. The summed E-state index contributed by atoms with van der Waals surface area (Å²) in [6.07, 6.45) is 6.20. The van der Waals surface area contributed by atoms with Gasteiger partial charge in [-0.05, 0) is 44.7 Å².